The minimum atomic E-state index is -0.870. The van der Waals surface area contributed by atoms with Gasteiger partial charge in [-0.1, -0.05) is 38.5 Å². The van der Waals surface area contributed by atoms with Gasteiger partial charge in [0, 0.05) is 205 Å². The number of benzene rings is 8. The molecular weight excluding hydrogens is 1870 g/mol. The summed E-state index contributed by atoms with van der Waals surface area (Å²) in [5, 5.41) is 38.2. The van der Waals surface area contributed by atoms with Crippen LogP contribution in [0, 0.1) is 42.4 Å². The molecule has 1 atom stereocenters. The van der Waals surface area contributed by atoms with E-state index >= 15 is 0 Å². The van der Waals surface area contributed by atoms with E-state index in [1.807, 2.05) is 225 Å². The maximum absolute atomic E-state index is 10.6. The summed E-state index contributed by atoms with van der Waals surface area (Å²) in [4.78, 5) is 58.6. The first-order valence-electron chi connectivity index (χ1n) is 46.5. The van der Waals surface area contributed by atoms with E-state index in [1.54, 1.807) is 147 Å². The van der Waals surface area contributed by atoms with Crippen LogP contribution in [0.25, 0.3) is 89.2 Å². The highest BCUT2D eigenvalue weighted by Gasteiger charge is 2.32. The van der Waals surface area contributed by atoms with E-state index in [0.717, 1.165) is 160 Å². The fourth-order valence-electron chi connectivity index (χ4n) is 15.8. The van der Waals surface area contributed by atoms with Crippen molar-refractivity contribution in [2.24, 2.45) is 21.1 Å². The zero-order chi connectivity index (χ0) is 102. The smallest absolute Gasteiger partial charge is 0.221 e. The summed E-state index contributed by atoms with van der Waals surface area (Å²) < 4.78 is 61.5. The lowest BCUT2D eigenvalue weighted by Crippen LogP contribution is -2.35. The molecule has 0 bridgehead atoms. The number of aliphatic hydroxyl groups is 2. The molecule has 148 heavy (non-hydrogen) atoms. The van der Waals surface area contributed by atoms with E-state index in [-0.39, 0.29) is 33.5 Å². The quantitative estimate of drug-likeness (QED) is 0.0367. The molecule has 0 unspecified atom stereocenters. The molecule has 8 aromatic carbocycles. The van der Waals surface area contributed by atoms with E-state index < -0.39 is 11.7 Å². The van der Waals surface area contributed by atoms with Crippen LogP contribution < -0.4 is 68.0 Å². The predicted octanol–water partition coefficient (Wildman–Crippen LogP) is 18.2. The number of methoxy groups -OCH3 is 10. The molecule has 758 valence electrons. The van der Waals surface area contributed by atoms with Crippen molar-refractivity contribution >= 4 is 95.6 Å². The first-order chi connectivity index (χ1) is 70.8. The topological polar surface area (TPSA) is 385 Å². The van der Waals surface area contributed by atoms with Gasteiger partial charge in [-0.05, 0) is 143 Å². The Labute approximate surface area is 859 Å². The van der Waals surface area contributed by atoms with Gasteiger partial charge in [0.2, 0.25) is 5.95 Å². The van der Waals surface area contributed by atoms with Gasteiger partial charge in [0.05, 0.1) is 226 Å². The average molecular weight is 1990 g/mol. The van der Waals surface area contributed by atoms with E-state index in [0.29, 0.717) is 89.3 Å². The van der Waals surface area contributed by atoms with Gasteiger partial charge in [0.15, 0.2) is 0 Å². The van der Waals surface area contributed by atoms with Gasteiger partial charge < -0.3 is 82.9 Å². The third-order valence-electron chi connectivity index (χ3n) is 23.6. The Morgan fingerprint density at radius 2 is 0.696 bits per heavy atom. The highest BCUT2D eigenvalue weighted by molar-refractivity contribution is 5.88. The number of nitrogens with two attached hydrogens (primary N) is 1. The fraction of sp³-hybridized carbons (Fsp3) is 0.259. The number of aryl methyl sites for hydroxylation is 4. The number of aliphatic hydroxyl groups excluding tert-OH is 1. The van der Waals surface area contributed by atoms with Crippen LogP contribution in [-0.4, -0.2) is 220 Å². The number of fused-ring (bicyclic) bond motifs is 4. The van der Waals surface area contributed by atoms with Crippen molar-refractivity contribution in [1.82, 2.24) is 93.9 Å². The molecular formula is C112H118N24O12. The van der Waals surface area contributed by atoms with Crippen molar-refractivity contribution in [2.75, 3.05) is 129 Å². The minimum Gasteiger partial charge on any atom is -0.497 e. The van der Waals surface area contributed by atoms with Crippen LogP contribution in [0.1, 0.15) is 71.1 Å². The van der Waals surface area contributed by atoms with Crippen molar-refractivity contribution in [3.05, 3.63) is 261 Å². The molecule has 0 amide bonds. The number of hydrogen-bond acceptors (Lipinski definition) is 32. The molecule has 1 saturated carbocycles. The SMILES string of the molecule is C.C.COC[C@@H](O)CN(c1cc(OC)cc(OC)c1)c1ccc2ncc(-c3cnn(C(C)C)c3)nc2c1.COc1cc(OC)cc(N(CC#CC2(O)CCC2)c2ccc3ncc(-c4cnn(C)c4)nc3c2)c1.COc1cc(OC)cc(N(CC#Cc2cc(C)nc(N)n2)c2ccc3ncc(-c4cnn(C)c4)nc3c2)c1.COc1ccc(C#CCN(c2cc(OC)cc(OC)c2)c2ccc3ncc(-c4cnn(C)c4)nc3c2)nc1. The summed E-state index contributed by atoms with van der Waals surface area (Å²) in [6, 6.07) is 52.1. The van der Waals surface area contributed by atoms with E-state index in [1.165, 1.54) is 0 Å². The van der Waals surface area contributed by atoms with Crippen LogP contribution in [0.2, 0.25) is 0 Å². The number of aromatic nitrogens is 19. The second kappa shape index (κ2) is 48.8. The summed E-state index contributed by atoms with van der Waals surface area (Å²) in [5.41, 5.74) is 26.5. The third kappa shape index (κ3) is 26.3. The zero-order valence-electron chi connectivity index (χ0n) is 83.7. The Bertz CT molecular complexity index is 7760. The number of hydrogen-bond donors (Lipinski definition) is 3. The lowest BCUT2D eigenvalue weighted by Gasteiger charge is -2.31. The second-order valence-corrected chi connectivity index (χ2v) is 34.1. The normalized spacial score (nSPS) is 11.6. The van der Waals surface area contributed by atoms with Crippen molar-refractivity contribution in [3.63, 3.8) is 0 Å². The summed E-state index contributed by atoms with van der Waals surface area (Å²) in [5.74, 6) is 25.1. The van der Waals surface area contributed by atoms with Gasteiger partial charge in [0.25, 0.3) is 0 Å². The van der Waals surface area contributed by atoms with E-state index in [9.17, 15) is 10.2 Å². The Balaban J connectivity index is 0.000000155. The second-order valence-electron chi connectivity index (χ2n) is 34.1. The summed E-state index contributed by atoms with van der Waals surface area (Å²) in [6.45, 7) is 7.61. The molecule has 0 aliphatic heterocycles. The molecule has 10 heterocycles. The van der Waals surface area contributed by atoms with Crippen LogP contribution in [0.4, 0.5) is 51.4 Å². The third-order valence-corrected chi connectivity index (χ3v) is 23.6. The Hall–Kier alpha value is -18.1. The number of rotatable bonds is 29. The van der Waals surface area contributed by atoms with Gasteiger partial charge in [-0.25, -0.2) is 34.9 Å². The number of nitrogen functional groups attached to an aromatic ring is 1. The van der Waals surface area contributed by atoms with Crippen molar-refractivity contribution in [1.29, 1.82) is 0 Å². The summed E-state index contributed by atoms with van der Waals surface area (Å²) >= 11 is 0. The molecule has 10 aromatic heterocycles. The molecule has 19 rings (SSSR count). The lowest BCUT2D eigenvalue weighted by atomic mass is 9.81. The maximum atomic E-state index is 10.6. The fourth-order valence-corrected chi connectivity index (χ4v) is 15.8. The van der Waals surface area contributed by atoms with Gasteiger partial charge in [-0.3, -0.25) is 38.7 Å². The summed E-state index contributed by atoms with van der Waals surface area (Å²) in [7, 11) is 21.8. The van der Waals surface area contributed by atoms with Gasteiger partial charge in [-0.2, -0.15) is 20.4 Å². The number of pyridine rings is 1. The van der Waals surface area contributed by atoms with Crippen LogP contribution in [0.3, 0.4) is 0 Å². The average Bonchev–Trinajstić information content (AvgIpc) is 1.21. The van der Waals surface area contributed by atoms with Crippen molar-refractivity contribution in [3.8, 4) is 132 Å². The molecule has 36 nitrogen and oxygen atoms in total. The molecule has 0 saturated heterocycles. The molecule has 1 fully saturated rings. The first kappa shape index (κ1) is 106. The van der Waals surface area contributed by atoms with Gasteiger partial charge in [0.1, 0.15) is 68.7 Å². The number of nitrogens with zero attached hydrogens (tertiary/aromatic N) is 23. The van der Waals surface area contributed by atoms with Crippen molar-refractivity contribution in [2.45, 2.75) is 72.6 Å². The van der Waals surface area contributed by atoms with Crippen molar-refractivity contribution < 1.29 is 57.6 Å². The van der Waals surface area contributed by atoms with E-state index in [4.69, 9.17) is 73.0 Å². The maximum Gasteiger partial charge on any atom is 0.221 e. The molecule has 4 N–H and O–H groups in total. The Morgan fingerprint density at radius 3 is 1.00 bits per heavy atom. The van der Waals surface area contributed by atoms with Crippen LogP contribution in [0.5, 0.6) is 51.7 Å². The van der Waals surface area contributed by atoms with Gasteiger partial charge >= 0.3 is 0 Å². The van der Waals surface area contributed by atoms with E-state index in [2.05, 4.69) is 114 Å². The summed E-state index contributed by atoms with van der Waals surface area (Å²) in [6.07, 6.45) is 25.2. The predicted molar refractivity (Wildman–Crippen MR) is 576 cm³/mol. The Kier molecular flexibility index (Phi) is 34.9. The lowest BCUT2D eigenvalue weighted by molar-refractivity contribution is 0.0239. The monoisotopic (exact) mass is 1990 g/mol. The van der Waals surface area contributed by atoms with Gasteiger partial charge in [-0.15, -0.1) is 0 Å². The molecule has 18 aromatic rings. The highest BCUT2D eigenvalue weighted by atomic mass is 16.5. The molecule has 0 spiro atoms. The molecule has 1 aliphatic carbocycles. The Morgan fingerprint density at radius 1 is 0.358 bits per heavy atom. The highest BCUT2D eigenvalue weighted by Crippen LogP contribution is 2.41. The largest absolute Gasteiger partial charge is 0.497 e. The van der Waals surface area contributed by atoms with Crippen LogP contribution in [-0.2, 0) is 25.9 Å². The molecule has 36 heteroatoms. The van der Waals surface area contributed by atoms with Crippen LogP contribution in [0.15, 0.2) is 244 Å². The minimum absolute atomic E-state index is 0. The number of anilines is 9. The number of ether oxygens (including phenoxy) is 10. The molecule has 1 aliphatic rings. The molecule has 0 radical (unpaired) electrons. The standard InChI is InChI=1S/C29H26N6O3.C28H26N8O2.C27H27N5O3.C26H31N5O4.2CH4/c1-34-19-20(16-32-34)29-18-31-27-10-8-22(14-28(27)33-29)35(23-12-25(37-3)15-26(13-23)38-4)11-5-6-21-7-9-24(36-2)17-30-21;1-18-10-20(33-28(29)32-18)6-5-9-36(22-11-23(37-3)14-24(12-22)38-4)21-7-8-25-26(13-21)34-27(16-30-25)19-15-31-35(2)17-19;1-31-18-19(16-29-31)26-17-28-24-7-6-20(14-25(24)30-26)32(11-5-10-27(33)8-4-9-27)21-12-22(34-2)15-23(13-21)35-3;1-17(2)31-14-18(12-28-31)26-13-27-24-7-6-19(10-25(24)29-26)30(15-21(32)16-33-3)20-8-22(34-4)11-23(9-20)35-5;;/h7-10,12-19H,11H2,1-4H3;7-8,10-17H,9H2,1-4H3,(H2,29,32,33);6-7,12-18,33H,4,8-9,11H2,1-3H3;6-14,17,21,32H,15-16H2,1-5H3;2*1H4/t;;;21-;;/m...0../s1. The first-order valence-corrected chi connectivity index (χ1v) is 46.5. The zero-order valence-corrected chi connectivity index (χ0v) is 83.7. The van der Waals surface area contributed by atoms with Crippen LogP contribution >= 0.6 is 0 Å².